The molecule has 0 aromatic carbocycles. The van der Waals surface area contributed by atoms with E-state index in [1.54, 1.807) is 0 Å². The molecule has 2 atom stereocenters. The normalized spacial score (nSPS) is 41.8. The van der Waals surface area contributed by atoms with Crippen molar-refractivity contribution in [3.05, 3.63) is 0 Å². The molecule has 2 heteroatoms. The van der Waals surface area contributed by atoms with Crippen LogP contribution in [0.1, 0.15) is 44.9 Å². The van der Waals surface area contributed by atoms with Gasteiger partial charge in [0.15, 0.2) is 0 Å². The second-order valence-electron chi connectivity index (χ2n) is 5.77. The average Bonchev–Trinajstić information content (AvgIpc) is 2.03. The molecule has 3 aliphatic rings. The van der Waals surface area contributed by atoms with Crippen molar-refractivity contribution in [2.24, 2.45) is 11.1 Å². The summed E-state index contributed by atoms with van der Waals surface area (Å²) in [7, 11) is 0. The standard InChI is InChI=1S/C12H22N2/c13-10-4-1-2-5-11(10)14-8-12(9-14)6-3-7-12/h10-11H,1-9,13H2. The molecular formula is C12H22N2. The van der Waals surface area contributed by atoms with E-state index in [1.165, 1.54) is 58.0 Å². The van der Waals surface area contributed by atoms with E-state index in [0.29, 0.717) is 6.04 Å². The summed E-state index contributed by atoms with van der Waals surface area (Å²) >= 11 is 0. The summed E-state index contributed by atoms with van der Waals surface area (Å²) in [5.41, 5.74) is 6.97. The maximum atomic E-state index is 6.20. The highest BCUT2D eigenvalue weighted by Gasteiger charge is 2.49. The highest BCUT2D eigenvalue weighted by Crippen LogP contribution is 2.49. The van der Waals surface area contributed by atoms with E-state index in [2.05, 4.69) is 4.90 Å². The topological polar surface area (TPSA) is 29.3 Å². The van der Waals surface area contributed by atoms with Gasteiger partial charge in [-0.05, 0) is 31.1 Å². The van der Waals surface area contributed by atoms with Crippen LogP contribution < -0.4 is 5.73 Å². The molecule has 2 saturated carbocycles. The molecule has 3 fully saturated rings. The quantitative estimate of drug-likeness (QED) is 0.689. The maximum Gasteiger partial charge on any atom is 0.0247 e. The van der Waals surface area contributed by atoms with E-state index in [0.717, 1.165) is 11.5 Å². The minimum Gasteiger partial charge on any atom is -0.326 e. The fourth-order valence-corrected chi connectivity index (χ4v) is 3.64. The number of nitrogens with two attached hydrogens (primary N) is 1. The molecule has 0 bridgehead atoms. The Labute approximate surface area is 86.8 Å². The van der Waals surface area contributed by atoms with Gasteiger partial charge in [-0.2, -0.15) is 0 Å². The number of likely N-dealkylation sites (tertiary alicyclic amines) is 1. The Hall–Kier alpha value is -0.0800. The molecule has 2 N–H and O–H groups in total. The van der Waals surface area contributed by atoms with E-state index >= 15 is 0 Å². The summed E-state index contributed by atoms with van der Waals surface area (Å²) < 4.78 is 0. The van der Waals surface area contributed by atoms with Crippen molar-refractivity contribution in [2.45, 2.75) is 57.0 Å². The zero-order valence-electron chi connectivity index (χ0n) is 9.04. The first-order chi connectivity index (χ1) is 6.79. The maximum absolute atomic E-state index is 6.20. The van der Waals surface area contributed by atoms with Gasteiger partial charge in [0.25, 0.3) is 0 Å². The fourth-order valence-electron chi connectivity index (χ4n) is 3.64. The molecule has 2 unspecified atom stereocenters. The Morgan fingerprint density at radius 2 is 1.71 bits per heavy atom. The van der Waals surface area contributed by atoms with Crippen molar-refractivity contribution in [3.8, 4) is 0 Å². The van der Waals surface area contributed by atoms with Gasteiger partial charge >= 0.3 is 0 Å². The van der Waals surface area contributed by atoms with Gasteiger partial charge in [-0.1, -0.05) is 19.3 Å². The van der Waals surface area contributed by atoms with Crippen molar-refractivity contribution in [1.29, 1.82) is 0 Å². The van der Waals surface area contributed by atoms with Gasteiger partial charge in [0.05, 0.1) is 0 Å². The van der Waals surface area contributed by atoms with Crippen molar-refractivity contribution in [3.63, 3.8) is 0 Å². The number of rotatable bonds is 1. The minimum atomic E-state index is 0.473. The van der Waals surface area contributed by atoms with E-state index < -0.39 is 0 Å². The highest BCUT2D eigenvalue weighted by atomic mass is 15.3. The molecule has 0 aromatic heterocycles. The fraction of sp³-hybridized carbons (Fsp3) is 1.00. The molecule has 1 spiro atoms. The molecule has 0 amide bonds. The monoisotopic (exact) mass is 194 g/mol. The van der Waals surface area contributed by atoms with Gasteiger partial charge in [-0.15, -0.1) is 0 Å². The van der Waals surface area contributed by atoms with E-state index in [1.807, 2.05) is 0 Å². The van der Waals surface area contributed by atoms with Crippen LogP contribution in [-0.4, -0.2) is 30.1 Å². The van der Waals surface area contributed by atoms with Crippen LogP contribution in [0.4, 0.5) is 0 Å². The largest absolute Gasteiger partial charge is 0.326 e. The van der Waals surface area contributed by atoms with E-state index in [4.69, 9.17) is 5.73 Å². The minimum absolute atomic E-state index is 0.473. The molecule has 14 heavy (non-hydrogen) atoms. The molecule has 1 heterocycles. The lowest BCUT2D eigenvalue weighted by atomic mass is 9.62. The smallest absolute Gasteiger partial charge is 0.0247 e. The van der Waals surface area contributed by atoms with Gasteiger partial charge < -0.3 is 5.73 Å². The Morgan fingerprint density at radius 1 is 1.00 bits per heavy atom. The summed E-state index contributed by atoms with van der Waals surface area (Å²) in [5, 5.41) is 0. The van der Waals surface area contributed by atoms with Crippen LogP contribution in [0.2, 0.25) is 0 Å². The molecule has 0 aromatic rings. The van der Waals surface area contributed by atoms with Crippen LogP contribution in [0.3, 0.4) is 0 Å². The van der Waals surface area contributed by atoms with Crippen molar-refractivity contribution < 1.29 is 0 Å². The zero-order valence-corrected chi connectivity index (χ0v) is 9.04. The van der Waals surface area contributed by atoms with Crippen LogP contribution in [-0.2, 0) is 0 Å². The SMILES string of the molecule is NC1CCCCC1N1CC2(CCC2)C1. The Balaban J connectivity index is 1.56. The predicted molar refractivity (Wildman–Crippen MR) is 58.1 cm³/mol. The van der Waals surface area contributed by atoms with Crippen LogP contribution in [0, 0.1) is 5.41 Å². The first-order valence-electron chi connectivity index (χ1n) is 6.29. The lowest BCUT2D eigenvalue weighted by Crippen LogP contribution is -2.66. The molecule has 1 aliphatic heterocycles. The third-order valence-electron chi connectivity index (χ3n) is 4.74. The van der Waals surface area contributed by atoms with Crippen molar-refractivity contribution >= 4 is 0 Å². The zero-order chi connectivity index (χ0) is 9.60. The lowest BCUT2D eigenvalue weighted by molar-refractivity contribution is -0.0930. The lowest BCUT2D eigenvalue weighted by Gasteiger charge is -2.59. The van der Waals surface area contributed by atoms with Crippen LogP contribution >= 0.6 is 0 Å². The summed E-state index contributed by atoms with van der Waals surface area (Å²) in [6, 6.07) is 1.20. The first-order valence-corrected chi connectivity index (χ1v) is 6.29. The molecule has 1 saturated heterocycles. The molecule has 80 valence electrons. The average molecular weight is 194 g/mol. The van der Waals surface area contributed by atoms with Gasteiger partial charge in [-0.25, -0.2) is 0 Å². The van der Waals surface area contributed by atoms with Gasteiger partial charge in [0.2, 0.25) is 0 Å². The van der Waals surface area contributed by atoms with Crippen LogP contribution in [0.5, 0.6) is 0 Å². The number of nitrogens with zero attached hydrogens (tertiary/aromatic N) is 1. The third-order valence-corrected chi connectivity index (χ3v) is 4.74. The highest BCUT2D eigenvalue weighted by molar-refractivity contribution is 5.04. The third kappa shape index (κ3) is 1.31. The molecular weight excluding hydrogens is 172 g/mol. The van der Waals surface area contributed by atoms with E-state index in [9.17, 15) is 0 Å². The van der Waals surface area contributed by atoms with Gasteiger partial charge in [-0.3, -0.25) is 4.90 Å². The summed E-state index contributed by atoms with van der Waals surface area (Å²) in [4.78, 5) is 2.67. The van der Waals surface area contributed by atoms with Crippen LogP contribution in [0.15, 0.2) is 0 Å². The Kier molecular flexibility index (Phi) is 2.10. The second kappa shape index (κ2) is 3.21. The van der Waals surface area contributed by atoms with Crippen molar-refractivity contribution in [1.82, 2.24) is 4.90 Å². The van der Waals surface area contributed by atoms with Gasteiger partial charge in [0, 0.05) is 25.2 Å². The Morgan fingerprint density at radius 3 is 2.29 bits per heavy atom. The van der Waals surface area contributed by atoms with Crippen LogP contribution in [0.25, 0.3) is 0 Å². The Bertz CT molecular complexity index is 214. The van der Waals surface area contributed by atoms with E-state index in [-0.39, 0.29) is 0 Å². The molecule has 0 radical (unpaired) electrons. The predicted octanol–water partition coefficient (Wildman–Crippen LogP) is 1.74. The number of hydrogen-bond acceptors (Lipinski definition) is 2. The summed E-state index contributed by atoms with van der Waals surface area (Å²) in [6.45, 7) is 2.73. The first kappa shape index (κ1) is 9.17. The second-order valence-corrected chi connectivity index (χ2v) is 5.77. The summed E-state index contributed by atoms with van der Waals surface area (Å²) in [5.74, 6) is 0. The number of hydrogen-bond donors (Lipinski definition) is 1. The molecule has 2 nitrogen and oxygen atoms in total. The van der Waals surface area contributed by atoms with Gasteiger partial charge in [0.1, 0.15) is 0 Å². The van der Waals surface area contributed by atoms with Crippen molar-refractivity contribution in [2.75, 3.05) is 13.1 Å². The summed E-state index contributed by atoms with van der Waals surface area (Å²) in [6.07, 6.45) is 9.84. The molecule has 2 aliphatic carbocycles. The molecule has 3 rings (SSSR count).